The summed E-state index contributed by atoms with van der Waals surface area (Å²) in [4.78, 5) is 0. The predicted molar refractivity (Wildman–Crippen MR) is 48.2 cm³/mol. The number of aryl methyl sites for hydroxylation is 1. The van der Waals surface area contributed by atoms with Gasteiger partial charge < -0.3 is 9.52 Å². The average Bonchev–Trinajstić information content (AvgIpc) is 2.50. The second kappa shape index (κ2) is 3.76. The molecule has 1 N–H and O–H groups in total. The number of aliphatic hydroxyl groups excluding tert-OH is 1. The molecule has 68 valence electrons. The summed E-state index contributed by atoms with van der Waals surface area (Å²) >= 11 is 0. The minimum Gasteiger partial charge on any atom is -0.466 e. The SMILES string of the molecule is CCc1ccc(C(C)C(C)O)o1. The molecule has 2 atom stereocenters. The van der Waals surface area contributed by atoms with E-state index in [-0.39, 0.29) is 12.0 Å². The first-order valence-electron chi connectivity index (χ1n) is 4.41. The molecule has 0 radical (unpaired) electrons. The Bertz CT molecular complexity index is 238. The Morgan fingerprint density at radius 2 is 2.08 bits per heavy atom. The van der Waals surface area contributed by atoms with Crippen molar-refractivity contribution in [2.45, 2.75) is 39.2 Å². The monoisotopic (exact) mass is 168 g/mol. The zero-order valence-electron chi connectivity index (χ0n) is 7.87. The molecule has 1 rings (SSSR count). The first kappa shape index (κ1) is 9.33. The van der Waals surface area contributed by atoms with Gasteiger partial charge >= 0.3 is 0 Å². The highest BCUT2D eigenvalue weighted by Gasteiger charge is 2.14. The van der Waals surface area contributed by atoms with Crippen LogP contribution in [0.4, 0.5) is 0 Å². The predicted octanol–water partition coefficient (Wildman–Crippen LogP) is 2.33. The molecular formula is C10H16O2. The molecule has 0 amide bonds. The van der Waals surface area contributed by atoms with Gasteiger partial charge in [-0.2, -0.15) is 0 Å². The summed E-state index contributed by atoms with van der Waals surface area (Å²) in [6.45, 7) is 5.79. The summed E-state index contributed by atoms with van der Waals surface area (Å²) in [5.74, 6) is 1.95. The standard InChI is InChI=1S/C10H16O2/c1-4-9-5-6-10(12-9)7(2)8(3)11/h5-8,11H,4H2,1-3H3. The highest BCUT2D eigenvalue weighted by atomic mass is 16.3. The molecule has 0 bridgehead atoms. The molecule has 0 aliphatic carbocycles. The molecule has 2 unspecified atom stereocenters. The van der Waals surface area contributed by atoms with Crippen LogP contribution in [0.2, 0.25) is 0 Å². The molecule has 2 heteroatoms. The zero-order valence-corrected chi connectivity index (χ0v) is 7.87. The molecule has 12 heavy (non-hydrogen) atoms. The van der Waals surface area contributed by atoms with E-state index in [2.05, 4.69) is 6.92 Å². The van der Waals surface area contributed by atoms with E-state index in [9.17, 15) is 5.11 Å². The summed E-state index contributed by atoms with van der Waals surface area (Å²) in [5, 5.41) is 9.30. The molecule has 1 heterocycles. The van der Waals surface area contributed by atoms with Gasteiger partial charge in [-0.05, 0) is 19.1 Å². The van der Waals surface area contributed by atoms with E-state index >= 15 is 0 Å². The van der Waals surface area contributed by atoms with E-state index in [1.807, 2.05) is 19.1 Å². The lowest BCUT2D eigenvalue weighted by Crippen LogP contribution is -2.09. The van der Waals surface area contributed by atoms with E-state index in [0.29, 0.717) is 0 Å². The Morgan fingerprint density at radius 3 is 2.50 bits per heavy atom. The van der Waals surface area contributed by atoms with Gasteiger partial charge in [-0.1, -0.05) is 13.8 Å². The fraction of sp³-hybridized carbons (Fsp3) is 0.600. The molecule has 1 aromatic rings. The Kier molecular flexibility index (Phi) is 2.93. The van der Waals surface area contributed by atoms with Gasteiger partial charge in [0.05, 0.1) is 6.10 Å². The fourth-order valence-corrected chi connectivity index (χ4v) is 1.07. The molecule has 0 aliphatic rings. The third-order valence-corrected chi connectivity index (χ3v) is 2.20. The lowest BCUT2D eigenvalue weighted by molar-refractivity contribution is 0.157. The van der Waals surface area contributed by atoms with E-state index in [1.54, 1.807) is 6.92 Å². The second-order valence-corrected chi connectivity index (χ2v) is 3.19. The van der Waals surface area contributed by atoms with Crippen LogP contribution in [0.25, 0.3) is 0 Å². The van der Waals surface area contributed by atoms with Crippen LogP contribution in [0.15, 0.2) is 16.5 Å². The molecule has 0 spiro atoms. The quantitative estimate of drug-likeness (QED) is 0.751. The molecule has 2 nitrogen and oxygen atoms in total. The number of furan rings is 1. The van der Waals surface area contributed by atoms with Gasteiger partial charge in [0, 0.05) is 12.3 Å². The maximum atomic E-state index is 9.30. The molecular weight excluding hydrogens is 152 g/mol. The Hall–Kier alpha value is -0.760. The van der Waals surface area contributed by atoms with Crippen LogP contribution in [-0.2, 0) is 6.42 Å². The van der Waals surface area contributed by atoms with Crippen molar-refractivity contribution < 1.29 is 9.52 Å². The van der Waals surface area contributed by atoms with Gasteiger partial charge in [0.2, 0.25) is 0 Å². The zero-order chi connectivity index (χ0) is 9.14. The lowest BCUT2D eigenvalue weighted by atomic mass is 10.0. The minimum absolute atomic E-state index is 0.0882. The van der Waals surface area contributed by atoms with E-state index in [4.69, 9.17) is 4.42 Å². The minimum atomic E-state index is -0.346. The van der Waals surface area contributed by atoms with Crippen molar-refractivity contribution in [1.82, 2.24) is 0 Å². The Labute approximate surface area is 73.2 Å². The van der Waals surface area contributed by atoms with Gasteiger partial charge in [-0.3, -0.25) is 0 Å². The second-order valence-electron chi connectivity index (χ2n) is 3.19. The van der Waals surface area contributed by atoms with Crippen LogP contribution in [0.1, 0.15) is 38.2 Å². The third kappa shape index (κ3) is 1.89. The number of hydrogen-bond donors (Lipinski definition) is 1. The molecule has 0 aromatic carbocycles. The van der Waals surface area contributed by atoms with E-state index in [0.717, 1.165) is 17.9 Å². The number of aliphatic hydroxyl groups is 1. The van der Waals surface area contributed by atoms with Crippen molar-refractivity contribution in [3.05, 3.63) is 23.7 Å². The first-order chi connectivity index (χ1) is 5.65. The van der Waals surface area contributed by atoms with Crippen LogP contribution in [0.5, 0.6) is 0 Å². The van der Waals surface area contributed by atoms with Gasteiger partial charge in [0.1, 0.15) is 11.5 Å². The molecule has 0 saturated carbocycles. The summed E-state index contributed by atoms with van der Waals surface area (Å²) in [6, 6.07) is 3.91. The van der Waals surface area contributed by atoms with Crippen molar-refractivity contribution in [3.8, 4) is 0 Å². The summed E-state index contributed by atoms with van der Waals surface area (Å²) < 4.78 is 5.50. The van der Waals surface area contributed by atoms with E-state index in [1.165, 1.54) is 0 Å². The maximum Gasteiger partial charge on any atom is 0.109 e. The van der Waals surface area contributed by atoms with Gasteiger partial charge in [-0.25, -0.2) is 0 Å². The molecule has 0 aliphatic heterocycles. The van der Waals surface area contributed by atoms with Crippen LogP contribution in [0.3, 0.4) is 0 Å². The average molecular weight is 168 g/mol. The highest BCUT2D eigenvalue weighted by Crippen LogP contribution is 2.21. The summed E-state index contributed by atoms with van der Waals surface area (Å²) in [6.07, 6.45) is 0.563. The van der Waals surface area contributed by atoms with Crippen LogP contribution < -0.4 is 0 Å². The van der Waals surface area contributed by atoms with Crippen molar-refractivity contribution in [2.75, 3.05) is 0 Å². The van der Waals surface area contributed by atoms with Crippen LogP contribution in [0, 0.1) is 0 Å². The highest BCUT2D eigenvalue weighted by molar-refractivity contribution is 5.11. The number of rotatable bonds is 3. The first-order valence-corrected chi connectivity index (χ1v) is 4.41. The van der Waals surface area contributed by atoms with Crippen LogP contribution >= 0.6 is 0 Å². The fourth-order valence-electron chi connectivity index (χ4n) is 1.07. The summed E-state index contributed by atoms with van der Waals surface area (Å²) in [7, 11) is 0. The van der Waals surface area contributed by atoms with Crippen molar-refractivity contribution >= 4 is 0 Å². The van der Waals surface area contributed by atoms with Crippen molar-refractivity contribution in [3.63, 3.8) is 0 Å². The van der Waals surface area contributed by atoms with Crippen LogP contribution in [-0.4, -0.2) is 11.2 Å². The number of hydrogen-bond acceptors (Lipinski definition) is 2. The van der Waals surface area contributed by atoms with Crippen molar-refractivity contribution in [2.24, 2.45) is 0 Å². The third-order valence-electron chi connectivity index (χ3n) is 2.20. The van der Waals surface area contributed by atoms with Gasteiger partial charge in [0.15, 0.2) is 0 Å². The molecule has 0 saturated heterocycles. The van der Waals surface area contributed by atoms with E-state index < -0.39 is 0 Å². The molecule has 1 aromatic heterocycles. The van der Waals surface area contributed by atoms with Gasteiger partial charge in [-0.15, -0.1) is 0 Å². The normalized spacial score (nSPS) is 16.0. The molecule has 0 fully saturated rings. The topological polar surface area (TPSA) is 33.4 Å². The van der Waals surface area contributed by atoms with Crippen molar-refractivity contribution in [1.29, 1.82) is 0 Å². The maximum absolute atomic E-state index is 9.30. The Balaban J connectivity index is 2.74. The largest absolute Gasteiger partial charge is 0.466 e. The smallest absolute Gasteiger partial charge is 0.109 e. The summed E-state index contributed by atoms with van der Waals surface area (Å²) in [5.41, 5.74) is 0. The van der Waals surface area contributed by atoms with Gasteiger partial charge in [0.25, 0.3) is 0 Å². The Morgan fingerprint density at radius 1 is 1.42 bits per heavy atom. The lowest BCUT2D eigenvalue weighted by Gasteiger charge is -2.10.